The molecule has 1 amide bonds. The lowest BCUT2D eigenvalue weighted by atomic mass is 10.2. The van der Waals surface area contributed by atoms with Crippen LogP contribution in [-0.4, -0.2) is 12.5 Å². The molecule has 1 rings (SSSR count). The highest BCUT2D eigenvalue weighted by molar-refractivity contribution is 5.94. The fourth-order valence-electron chi connectivity index (χ4n) is 1.06. The molecule has 0 bridgehead atoms. The van der Waals surface area contributed by atoms with Crippen molar-refractivity contribution in [3.05, 3.63) is 42.2 Å². The Morgan fingerprint density at radius 1 is 1.60 bits per heavy atom. The van der Waals surface area contributed by atoms with E-state index in [1.165, 1.54) is 12.1 Å². The van der Waals surface area contributed by atoms with Crippen LogP contribution in [0.25, 0.3) is 0 Å². The van der Waals surface area contributed by atoms with Crippen molar-refractivity contribution in [1.29, 1.82) is 0 Å². The van der Waals surface area contributed by atoms with E-state index < -0.39 is 5.82 Å². The summed E-state index contributed by atoms with van der Waals surface area (Å²) in [6, 6.07) is 3.98. The summed E-state index contributed by atoms with van der Waals surface area (Å²) in [5.74, 6) is -0.887. The van der Waals surface area contributed by atoms with Crippen LogP contribution in [0, 0.1) is 5.82 Å². The van der Waals surface area contributed by atoms with E-state index in [0.29, 0.717) is 13.0 Å². The molecule has 3 nitrogen and oxygen atoms in total. The Morgan fingerprint density at radius 2 is 2.33 bits per heavy atom. The van der Waals surface area contributed by atoms with Gasteiger partial charge in [-0.2, -0.15) is 0 Å². The zero-order chi connectivity index (χ0) is 11.3. The van der Waals surface area contributed by atoms with Gasteiger partial charge in [0, 0.05) is 12.1 Å². The number of benzene rings is 1. The first kappa shape index (κ1) is 11.2. The second-order valence-electron chi connectivity index (χ2n) is 3.07. The Hall–Kier alpha value is -1.84. The van der Waals surface area contributed by atoms with Crippen LogP contribution in [0.15, 0.2) is 30.9 Å². The first-order chi connectivity index (χ1) is 7.15. The van der Waals surface area contributed by atoms with Gasteiger partial charge in [0.05, 0.1) is 5.69 Å². The number of anilines is 1. The van der Waals surface area contributed by atoms with Crippen molar-refractivity contribution in [2.75, 3.05) is 12.3 Å². The van der Waals surface area contributed by atoms with Crippen molar-refractivity contribution in [3.8, 4) is 0 Å². The molecule has 0 saturated heterocycles. The number of hydrogen-bond acceptors (Lipinski definition) is 2. The van der Waals surface area contributed by atoms with Gasteiger partial charge in [-0.15, -0.1) is 6.58 Å². The zero-order valence-corrected chi connectivity index (χ0v) is 8.29. The molecule has 0 fully saturated rings. The number of nitrogens with one attached hydrogen (secondary N) is 1. The van der Waals surface area contributed by atoms with Crippen LogP contribution in [0.4, 0.5) is 10.1 Å². The van der Waals surface area contributed by atoms with Gasteiger partial charge in [-0.25, -0.2) is 4.39 Å². The summed E-state index contributed by atoms with van der Waals surface area (Å²) in [6.45, 7) is 4.02. The monoisotopic (exact) mass is 208 g/mol. The molecule has 1 aromatic carbocycles. The Morgan fingerprint density at radius 3 is 2.93 bits per heavy atom. The maximum absolute atomic E-state index is 13.0. The number of nitrogens with two attached hydrogens (primary N) is 1. The summed E-state index contributed by atoms with van der Waals surface area (Å²) in [5, 5.41) is 2.63. The Kier molecular flexibility index (Phi) is 3.85. The van der Waals surface area contributed by atoms with Crippen LogP contribution >= 0.6 is 0 Å². The third kappa shape index (κ3) is 3.09. The maximum atomic E-state index is 13.0. The van der Waals surface area contributed by atoms with Gasteiger partial charge in [-0.05, 0) is 24.6 Å². The molecular weight excluding hydrogens is 195 g/mol. The van der Waals surface area contributed by atoms with Gasteiger partial charge in [-0.1, -0.05) is 6.08 Å². The van der Waals surface area contributed by atoms with Crippen LogP contribution in [0.5, 0.6) is 0 Å². The molecule has 1 aromatic rings. The van der Waals surface area contributed by atoms with Crippen molar-refractivity contribution in [2.45, 2.75) is 6.42 Å². The van der Waals surface area contributed by atoms with Crippen molar-refractivity contribution in [3.63, 3.8) is 0 Å². The molecule has 4 heteroatoms. The molecule has 0 aliphatic carbocycles. The lowest BCUT2D eigenvalue weighted by Crippen LogP contribution is -2.24. The fraction of sp³-hybridized carbons (Fsp3) is 0.182. The molecule has 0 aromatic heterocycles. The average Bonchev–Trinajstić information content (AvgIpc) is 2.22. The third-order valence-corrected chi connectivity index (χ3v) is 1.90. The highest BCUT2D eigenvalue weighted by atomic mass is 19.1. The lowest BCUT2D eigenvalue weighted by molar-refractivity contribution is 0.0954. The Labute approximate surface area is 87.8 Å². The molecule has 0 heterocycles. The molecule has 0 atom stereocenters. The van der Waals surface area contributed by atoms with Crippen LogP contribution in [0.1, 0.15) is 16.8 Å². The molecular formula is C11H13FN2O. The number of rotatable bonds is 4. The predicted molar refractivity (Wildman–Crippen MR) is 58.0 cm³/mol. The second kappa shape index (κ2) is 5.14. The number of nitrogen functional groups attached to an aromatic ring is 1. The van der Waals surface area contributed by atoms with Crippen LogP contribution in [0.3, 0.4) is 0 Å². The third-order valence-electron chi connectivity index (χ3n) is 1.90. The molecule has 0 unspecified atom stereocenters. The summed E-state index contributed by atoms with van der Waals surface area (Å²) in [5.41, 5.74) is 5.60. The molecule has 0 aliphatic heterocycles. The summed E-state index contributed by atoms with van der Waals surface area (Å²) >= 11 is 0. The highest BCUT2D eigenvalue weighted by Gasteiger charge is 2.06. The standard InChI is InChI=1S/C11H13FN2O/c1-2-3-6-14-11(15)8-4-5-10(13)9(12)7-8/h2,4-5,7H,1,3,6,13H2,(H,14,15). The van der Waals surface area contributed by atoms with E-state index >= 15 is 0 Å². The van der Waals surface area contributed by atoms with Crippen molar-refractivity contribution < 1.29 is 9.18 Å². The smallest absolute Gasteiger partial charge is 0.251 e. The molecule has 0 aliphatic rings. The van der Waals surface area contributed by atoms with Gasteiger partial charge in [0.2, 0.25) is 0 Å². The van der Waals surface area contributed by atoms with E-state index in [4.69, 9.17) is 5.73 Å². The minimum Gasteiger partial charge on any atom is -0.396 e. The van der Waals surface area contributed by atoms with Crippen molar-refractivity contribution in [1.82, 2.24) is 5.32 Å². The van der Waals surface area contributed by atoms with Crippen LogP contribution < -0.4 is 11.1 Å². The molecule has 0 saturated carbocycles. The molecule has 15 heavy (non-hydrogen) atoms. The van der Waals surface area contributed by atoms with Gasteiger partial charge < -0.3 is 11.1 Å². The predicted octanol–water partition coefficient (Wildman–Crippen LogP) is 1.71. The molecule has 80 valence electrons. The lowest BCUT2D eigenvalue weighted by Gasteiger charge is -2.04. The zero-order valence-electron chi connectivity index (χ0n) is 8.29. The van der Waals surface area contributed by atoms with Gasteiger partial charge in [0.15, 0.2) is 0 Å². The summed E-state index contributed by atoms with van der Waals surface area (Å²) in [4.78, 5) is 11.4. The number of hydrogen-bond donors (Lipinski definition) is 2. The number of carbonyl (C=O) groups excluding carboxylic acids is 1. The van der Waals surface area contributed by atoms with Gasteiger partial charge in [0.25, 0.3) is 5.91 Å². The topological polar surface area (TPSA) is 55.1 Å². The van der Waals surface area contributed by atoms with Crippen molar-refractivity contribution >= 4 is 11.6 Å². The van der Waals surface area contributed by atoms with E-state index in [0.717, 1.165) is 6.07 Å². The molecule has 3 N–H and O–H groups in total. The van der Waals surface area contributed by atoms with Crippen LogP contribution in [-0.2, 0) is 0 Å². The van der Waals surface area contributed by atoms with E-state index in [9.17, 15) is 9.18 Å². The molecule has 0 radical (unpaired) electrons. The molecule has 0 spiro atoms. The summed E-state index contributed by atoms with van der Waals surface area (Å²) in [6.07, 6.45) is 2.38. The SMILES string of the molecule is C=CCCNC(=O)c1ccc(N)c(F)c1. The van der Waals surface area contributed by atoms with E-state index in [1.54, 1.807) is 6.08 Å². The van der Waals surface area contributed by atoms with E-state index in [2.05, 4.69) is 11.9 Å². The Balaban J connectivity index is 2.65. The summed E-state index contributed by atoms with van der Waals surface area (Å²) in [7, 11) is 0. The van der Waals surface area contributed by atoms with E-state index in [-0.39, 0.29) is 17.2 Å². The van der Waals surface area contributed by atoms with Gasteiger partial charge >= 0.3 is 0 Å². The quantitative estimate of drug-likeness (QED) is 0.449. The highest BCUT2D eigenvalue weighted by Crippen LogP contribution is 2.11. The van der Waals surface area contributed by atoms with Crippen molar-refractivity contribution in [2.24, 2.45) is 0 Å². The summed E-state index contributed by atoms with van der Waals surface area (Å²) < 4.78 is 13.0. The number of amides is 1. The normalized spacial score (nSPS) is 9.67. The largest absolute Gasteiger partial charge is 0.396 e. The maximum Gasteiger partial charge on any atom is 0.251 e. The minimum absolute atomic E-state index is 0.0395. The van der Waals surface area contributed by atoms with E-state index in [1.807, 2.05) is 0 Å². The number of carbonyl (C=O) groups is 1. The fourth-order valence-corrected chi connectivity index (χ4v) is 1.06. The van der Waals surface area contributed by atoms with Gasteiger partial charge in [-0.3, -0.25) is 4.79 Å². The van der Waals surface area contributed by atoms with Crippen LogP contribution in [0.2, 0.25) is 0 Å². The number of halogens is 1. The second-order valence-corrected chi connectivity index (χ2v) is 3.07. The first-order valence-electron chi connectivity index (χ1n) is 4.59. The minimum atomic E-state index is -0.577. The van der Waals surface area contributed by atoms with Gasteiger partial charge in [0.1, 0.15) is 5.82 Å². The first-order valence-corrected chi connectivity index (χ1v) is 4.59. The Bertz CT molecular complexity index is 377. The average molecular weight is 208 g/mol.